The standard InChI is InChI=1S/C23H27ClN4O5/c1-23(2,3)33-22(30)18(10-20-26-13-32-27(20)4)28-12-19(31-5)17(9-21(28)29)16-8-15(24)7-6-14(16)11-25/h6-9,13,18-20H,10,12H2,1-5H3. The highest BCUT2D eigenvalue weighted by molar-refractivity contribution is 6.30. The van der Waals surface area contributed by atoms with E-state index < -0.39 is 35.8 Å². The summed E-state index contributed by atoms with van der Waals surface area (Å²) in [5.74, 6) is -0.943. The first-order chi connectivity index (χ1) is 15.5. The normalized spacial score (nSPS) is 21.9. The number of methoxy groups -OCH3 is 1. The van der Waals surface area contributed by atoms with Gasteiger partial charge in [0.25, 0.3) is 0 Å². The number of rotatable bonds is 6. The van der Waals surface area contributed by atoms with Crippen molar-refractivity contribution in [2.75, 3.05) is 20.7 Å². The Labute approximate surface area is 198 Å². The number of amides is 1. The van der Waals surface area contributed by atoms with E-state index in [2.05, 4.69) is 11.1 Å². The molecule has 0 radical (unpaired) electrons. The lowest BCUT2D eigenvalue weighted by Crippen LogP contribution is -2.53. The van der Waals surface area contributed by atoms with Crippen molar-refractivity contribution >= 4 is 35.5 Å². The van der Waals surface area contributed by atoms with E-state index in [-0.39, 0.29) is 13.0 Å². The SMILES string of the molecule is COC1CN(C(CC2N=CON2C)C(=O)OC(C)(C)C)C(=O)C=C1c1cc(Cl)ccc1C#N. The number of halogens is 1. The molecule has 1 aromatic carbocycles. The lowest BCUT2D eigenvalue weighted by Gasteiger charge is -2.38. The number of benzene rings is 1. The number of esters is 1. The second kappa shape index (κ2) is 9.91. The number of aliphatic imine (C=N–C) groups is 1. The predicted octanol–water partition coefficient (Wildman–Crippen LogP) is 2.78. The summed E-state index contributed by atoms with van der Waals surface area (Å²) in [6.45, 7) is 5.38. The van der Waals surface area contributed by atoms with Crippen LogP contribution >= 0.6 is 11.6 Å². The fourth-order valence-corrected chi connectivity index (χ4v) is 3.90. The minimum absolute atomic E-state index is 0.0868. The van der Waals surface area contributed by atoms with Crippen LogP contribution in [0, 0.1) is 11.3 Å². The zero-order valence-electron chi connectivity index (χ0n) is 19.2. The van der Waals surface area contributed by atoms with Gasteiger partial charge in [0.1, 0.15) is 23.9 Å². The van der Waals surface area contributed by atoms with Gasteiger partial charge in [-0.1, -0.05) is 11.6 Å². The van der Waals surface area contributed by atoms with Crippen LogP contribution in [0.2, 0.25) is 5.02 Å². The minimum Gasteiger partial charge on any atom is -0.458 e. The molecule has 0 fully saturated rings. The van der Waals surface area contributed by atoms with Crippen LogP contribution < -0.4 is 0 Å². The fourth-order valence-electron chi connectivity index (χ4n) is 3.73. The fraction of sp³-hybridized carbons (Fsp3) is 0.478. The first kappa shape index (κ1) is 24.7. The van der Waals surface area contributed by atoms with Crippen molar-refractivity contribution in [3.05, 3.63) is 40.4 Å². The first-order valence-electron chi connectivity index (χ1n) is 10.4. The minimum atomic E-state index is -0.923. The first-order valence-corrected chi connectivity index (χ1v) is 10.8. The summed E-state index contributed by atoms with van der Waals surface area (Å²) in [4.78, 5) is 37.3. The van der Waals surface area contributed by atoms with Crippen molar-refractivity contribution in [1.29, 1.82) is 5.26 Å². The maximum atomic E-state index is 13.3. The molecule has 1 amide bonds. The third-order valence-electron chi connectivity index (χ3n) is 5.32. The Morgan fingerprint density at radius 2 is 2.15 bits per heavy atom. The van der Waals surface area contributed by atoms with Gasteiger partial charge < -0.3 is 19.2 Å². The van der Waals surface area contributed by atoms with Crippen molar-refractivity contribution in [2.24, 2.45) is 4.99 Å². The van der Waals surface area contributed by atoms with Crippen LogP contribution in [0.1, 0.15) is 38.3 Å². The Morgan fingerprint density at radius 3 is 2.73 bits per heavy atom. The molecule has 33 heavy (non-hydrogen) atoms. The highest BCUT2D eigenvalue weighted by atomic mass is 35.5. The van der Waals surface area contributed by atoms with Crippen LogP contribution in [0.5, 0.6) is 0 Å². The number of carbonyl (C=O) groups excluding carboxylic acids is 2. The van der Waals surface area contributed by atoms with Gasteiger partial charge in [-0.2, -0.15) is 5.26 Å². The molecule has 0 bridgehead atoms. The number of carbonyl (C=O) groups is 2. The summed E-state index contributed by atoms with van der Waals surface area (Å²) < 4.78 is 11.3. The van der Waals surface area contributed by atoms with Gasteiger partial charge in [0.2, 0.25) is 5.91 Å². The number of hydroxylamine groups is 2. The molecule has 0 N–H and O–H groups in total. The van der Waals surface area contributed by atoms with E-state index in [1.165, 1.54) is 29.5 Å². The summed E-state index contributed by atoms with van der Waals surface area (Å²) in [6, 6.07) is 6.04. The molecule has 3 rings (SSSR count). The zero-order valence-corrected chi connectivity index (χ0v) is 20.0. The number of hydrogen-bond acceptors (Lipinski definition) is 8. The molecule has 2 aliphatic rings. The number of ether oxygens (including phenoxy) is 2. The van der Waals surface area contributed by atoms with Gasteiger partial charge in [-0.25, -0.2) is 9.79 Å². The van der Waals surface area contributed by atoms with Gasteiger partial charge in [-0.15, -0.1) is 5.06 Å². The Bertz CT molecular complexity index is 1030. The second-order valence-corrected chi connectivity index (χ2v) is 9.22. The van der Waals surface area contributed by atoms with Crippen molar-refractivity contribution < 1.29 is 23.9 Å². The maximum Gasteiger partial charge on any atom is 0.329 e. The van der Waals surface area contributed by atoms with Gasteiger partial charge in [-0.05, 0) is 50.1 Å². The van der Waals surface area contributed by atoms with E-state index in [1.54, 1.807) is 46.0 Å². The molecule has 176 valence electrons. The van der Waals surface area contributed by atoms with Crippen LogP contribution in [0.3, 0.4) is 0 Å². The molecular weight excluding hydrogens is 448 g/mol. The number of hydrogen-bond donors (Lipinski definition) is 0. The lowest BCUT2D eigenvalue weighted by molar-refractivity contribution is -0.167. The van der Waals surface area contributed by atoms with Gasteiger partial charge in [0.15, 0.2) is 6.40 Å². The van der Waals surface area contributed by atoms with E-state index in [9.17, 15) is 14.9 Å². The Morgan fingerprint density at radius 1 is 1.42 bits per heavy atom. The third kappa shape index (κ3) is 5.71. The Hall–Kier alpha value is -2.93. The van der Waals surface area contributed by atoms with E-state index in [0.29, 0.717) is 21.7 Å². The second-order valence-electron chi connectivity index (χ2n) is 8.79. The van der Waals surface area contributed by atoms with Gasteiger partial charge in [0.05, 0.1) is 18.2 Å². The van der Waals surface area contributed by atoms with E-state index in [0.717, 1.165) is 0 Å². The van der Waals surface area contributed by atoms with Gasteiger partial charge in [0, 0.05) is 31.7 Å². The molecule has 10 heteroatoms. The average molecular weight is 475 g/mol. The molecule has 3 unspecified atom stereocenters. The Balaban J connectivity index is 1.98. The monoisotopic (exact) mass is 474 g/mol. The molecule has 9 nitrogen and oxygen atoms in total. The van der Waals surface area contributed by atoms with E-state index in [4.69, 9.17) is 25.9 Å². The maximum absolute atomic E-state index is 13.3. The number of nitrogens with zero attached hydrogens (tertiary/aromatic N) is 4. The molecule has 3 atom stereocenters. The molecule has 0 saturated carbocycles. The summed E-state index contributed by atoms with van der Waals surface area (Å²) in [5.41, 5.74) is 0.684. The van der Waals surface area contributed by atoms with Gasteiger partial charge in [-0.3, -0.25) is 4.79 Å². The Kier molecular flexibility index (Phi) is 7.42. The smallest absolute Gasteiger partial charge is 0.329 e. The highest BCUT2D eigenvalue weighted by Gasteiger charge is 2.40. The summed E-state index contributed by atoms with van der Waals surface area (Å²) in [6.07, 6.45) is 1.82. The largest absolute Gasteiger partial charge is 0.458 e. The molecule has 0 aromatic heterocycles. The van der Waals surface area contributed by atoms with E-state index in [1.807, 2.05) is 0 Å². The molecule has 2 aliphatic heterocycles. The highest BCUT2D eigenvalue weighted by Crippen LogP contribution is 2.32. The molecule has 1 aromatic rings. The van der Waals surface area contributed by atoms with Crippen molar-refractivity contribution in [3.8, 4) is 6.07 Å². The molecule has 2 heterocycles. The average Bonchev–Trinajstić information content (AvgIpc) is 3.15. The van der Waals surface area contributed by atoms with Gasteiger partial charge >= 0.3 is 5.97 Å². The molecule has 0 saturated heterocycles. The van der Waals surface area contributed by atoms with E-state index >= 15 is 0 Å². The summed E-state index contributed by atoms with van der Waals surface area (Å²) in [7, 11) is 3.20. The lowest BCUT2D eigenvalue weighted by atomic mass is 9.92. The van der Waals surface area contributed by atoms with Crippen molar-refractivity contribution in [3.63, 3.8) is 0 Å². The van der Waals surface area contributed by atoms with Crippen molar-refractivity contribution in [2.45, 2.75) is 51.1 Å². The third-order valence-corrected chi connectivity index (χ3v) is 5.56. The van der Waals surface area contributed by atoms with Crippen LogP contribution in [0.4, 0.5) is 0 Å². The topological polar surface area (TPSA) is 104 Å². The quantitative estimate of drug-likeness (QED) is 0.584. The zero-order chi connectivity index (χ0) is 24.3. The summed E-state index contributed by atoms with van der Waals surface area (Å²) in [5, 5.41) is 11.5. The number of nitriles is 1. The van der Waals surface area contributed by atoms with Crippen molar-refractivity contribution in [1.82, 2.24) is 9.96 Å². The van der Waals surface area contributed by atoms with Crippen LogP contribution in [0.15, 0.2) is 29.3 Å². The van der Waals surface area contributed by atoms with Crippen LogP contribution in [-0.2, 0) is 23.9 Å². The van der Waals surface area contributed by atoms with Crippen LogP contribution in [0.25, 0.3) is 5.57 Å². The predicted molar refractivity (Wildman–Crippen MR) is 122 cm³/mol. The van der Waals surface area contributed by atoms with Crippen LogP contribution in [-0.4, -0.2) is 72.9 Å². The molecule has 0 spiro atoms. The molecule has 0 aliphatic carbocycles. The molecular formula is C23H27ClN4O5. The summed E-state index contributed by atoms with van der Waals surface area (Å²) >= 11 is 6.15.